The largest absolute Gasteiger partial charge is 0.253 e. The van der Waals surface area contributed by atoms with Gasteiger partial charge in [0.25, 0.3) is 0 Å². The molecule has 0 atom stereocenters. The molecule has 1 nitrogen and oxygen atoms in total. The fourth-order valence-electron chi connectivity index (χ4n) is 1.41. The van der Waals surface area contributed by atoms with Crippen LogP contribution in [-0.4, -0.2) is 4.98 Å². The van der Waals surface area contributed by atoms with Gasteiger partial charge in [-0.1, -0.05) is 17.7 Å². The number of nitrogens with zero attached hydrogens (tertiary/aromatic N) is 1. The second-order valence-electron chi connectivity index (χ2n) is 3.30. The zero-order chi connectivity index (χ0) is 10.3. The highest BCUT2D eigenvalue weighted by Crippen LogP contribution is 2.26. The second-order valence-corrected chi connectivity index (χ2v) is 4.81. The maximum absolute atomic E-state index is 5.92. The molecule has 1 aromatic carbocycles. The molecule has 0 N–H and O–H groups in total. The van der Waals surface area contributed by atoms with Crippen molar-refractivity contribution in [3.63, 3.8) is 0 Å². The average molecular weight is 318 g/mol. The minimum absolute atomic E-state index is 0.740. The molecule has 0 radical (unpaired) electrons. The van der Waals surface area contributed by atoms with Gasteiger partial charge in [0, 0.05) is 19.7 Å². The van der Waals surface area contributed by atoms with Crippen LogP contribution in [0.25, 0.3) is 10.9 Å². The summed E-state index contributed by atoms with van der Waals surface area (Å²) in [5.41, 5.74) is 3.30. The standard InChI is InChI=1S/C11H9ClIN/c1-6-7(2)14-10-5-8(12)3-4-9(10)11(6)13/h3-5H,1-2H3. The summed E-state index contributed by atoms with van der Waals surface area (Å²) < 4.78 is 1.27. The number of hydrogen-bond donors (Lipinski definition) is 0. The quantitative estimate of drug-likeness (QED) is 0.666. The van der Waals surface area contributed by atoms with Crippen molar-refractivity contribution >= 4 is 45.1 Å². The van der Waals surface area contributed by atoms with Crippen molar-refractivity contribution in [1.82, 2.24) is 4.98 Å². The number of rotatable bonds is 0. The SMILES string of the molecule is Cc1nc2cc(Cl)ccc2c(I)c1C. The normalized spacial score (nSPS) is 10.9. The molecule has 14 heavy (non-hydrogen) atoms. The topological polar surface area (TPSA) is 12.9 Å². The van der Waals surface area contributed by atoms with Gasteiger partial charge in [-0.2, -0.15) is 0 Å². The maximum Gasteiger partial charge on any atom is 0.0730 e. The van der Waals surface area contributed by atoms with E-state index in [9.17, 15) is 0 Å². The number of fused-ring (bicyclic) bond motifs is 1. The lowest BCUT2D eigenvalue weighted by Crippen LogP contribution is -1.93. The Hall–Kier alpha value is -0.350. The molecule has 0 spiro atoms. The molecule has 72 valence electrons. The number of pyridine rings is 1. The van der Waals surface area contributed by atoms with Gasteiger partial charge in [-0.3, -0.25) is 4.98 Å². The summed E-state index contributed by atoms with van der Waals surface area (Å²) in [6, 6.07) is 5.84. The van der Waals surface area contributed by atoms with Crippen molar-refractivity contribution in [3.05, 3.63) is 38.0 Å². The predicted octanol–water partition coefficient (Wildman–Crippen LogP) is 4.11. The smallest absolute Gasteiger partial charge is 0.0730 e. The Kier molecular flexibility index (Phi) is 2.66. The molecule has 0 aliphatic heterocycles. The fourth-order valence-corrected chi connectivity index (χ4v) is 2.42. The molecule has 1 heterocycles. The molecule has 0 fully saturated rings. The van der Waals surface area contributed by atoms with Gasteiger partial charge in [0.2, 0.25) is 0 Å². The molecule has 2 aromatic rings. The van der Waals surface area contributed by atoms with Crippen molar-refractivity contribution in [2.45, 2.75) is 13.8 Å². The highest BCUT2D eigenvalue weighted by Gasteiger charge is 2.06. The highest BCUT2D eigenvalue weighted by molar-refractivity contribution is 14.1. The Morgan fingerprint density at radius 1 is 1.29 bits per heavy atom. The van der Waals surface area contributed by atoms with Gasteiger partial charge in [-0.15, -0.1) is 0 Å². The van der Waals surface area contributed by atoms with E-state index in [-0.39, 0.29) is 0 Å². The number of aryl methyl sites for hydroxylation is 1. The third-order valence-electron chi connectivity index (χ3n) is 2.36. The predicted molar refractivity (Wildman–Crippen MR) is 68.9 cm³/mol. The van der Waals surface area contributed by atoms with Crippen molar-refractivity contribution < 1.29 is 0 Å². The molecule has 3 heteroatoms. The van der Waals surface area contributed by atoms with Gasteiger partial charge in [0.1, 0.15) is 0 Å². The van der Waals surface area contributed by atoms with Crippen LogP contribution in [0.3, 0.4) is 0 Å². The summed E-state index contributed by atoms with van der Waals surface area (Å²) in [5, 5.41) is 1.92. The molecule has 0 unspecified atom stereocenters. The Morgan fingerprint density at radius 2 is 2.00 bits per heavy atom. The van der Waals surface area contributed by atoms with E-state index in [1.807, 2.05) is 25.1 Å². The Morgan fingerprint density at radius 3 is 2.71 bits per heavy atom. The summed E-state index contributed by atoms with van der Waals surface area (Å²) in [4.78, 5) is 4.51. The van der Waals surface area contributed by atoms with Crippen LogP contribution in [0.1, 0.15) is 11.3 Å². The average Bonchev–Trinajstić information content (AvgIpc) is 2.14. The maximum atomic E-state index is 5.92. The first kappa shape index (κ1) is 10.2. The van der Waals surface area contributed by atoms with Crippen LogP contribution in [0.5, 0.6) is 0 Å². The summed E-state index contributed by atoms with van der Waals surface area (Å²) in [5.74, 6) is 0. The van der Waals surface area contributed by atoms with E-state index >= 15 is 0 Å². The van der Waals surface area contributed by atoms with E-state index in [0.717, 1.165) is 16.2 Å². The van der Waals surface area contributed by atoms with Gasteiger partial charge in [0.15, 0.2) is 0 Å². The second kappa shape index (κ2) is 3.66. The van der Waals surface area contributed by atoms with E-state index in [0.29, 0.717) is 0 Å². The van der Waals surface area contributed by atoms with Gasteiger partial charge in [-0.25, -0.2) is 0 Å². The monoisotopic (exact) mass is 317 g/mol. The van der Waals surface area contributed by atoms with Crippen molar-refractivity contribution in [2.24, 2.45) is 0 Å². The minimum Gasteiger partial charge on any atom is -0.253 e. The molecule has 1 aromatic heterocycles. The van der Waals surface area contributed by atoms with Gasteiger partial charge >= 0.3 is 0 Å². The number of hydrogen-bond acceptors (Lipinski definition) is 1. The number of halogens is 2. The van der Waals surface area contributed by atoms with Crippen molar-refractivity contribution in [2.75, 3.05) is 0 Å². The first-order valence-corrected chi connectivity index (χ1v) is 5.77. The molecule has 0 amide bonds. The van der Waals surface area contributed by atoms with E-state index < -0.39 is 0 Å². The van der Waals surface area contributed by atoms with Gasteiger partial charge in [0.05, 0.1) is 5.52 Å². The van der Waals surface area contributed by atoms with Crippen LogP contribution < -0.4 is 0 Å². The zero-order valence-electron chi connectivity index (χ0n) is 7.94. The molecular formula is C11H9ClIN. The summed E-state index contributed by atoms with van der Waals surface area (Å²) >= 11 is 8.28. The molecule has 0 saturated carbocycles. The summed E-state index contributed by atoms with van der Waals surface area (Å²) in [6.45, 7) is 4.12. The molecule has 2 rings (SSSR count). The van der Waals surface area contributed by atoms with Crippen molar-refractivity contribution in [1.29, 1.82) is 0 Å². The number of benzene rings is 1. The molecule has 0 aliphatic rings. The lowest BCUT2D eigenvalue weighted by molar-refractivity contribution is 1.18. The van der Waals surface area contributed by atoms with E-state index in [1.54, 1.807) is 0 Å². The third kappa shape index (κ3) is 1.61. The van der Waals surface area contributed by atoms with Crippen molar-refractivity contribution in [3.8, 4) is 0 Å². The molecular weight excluding hydrogens is 308 g/mol. The lowest BCUT2D eigenvalue weighted by atomic mass is 10.1. The van der Waals surface area contributed by atoms with Gasteiger partial charge < -0.3 is 0 Å². The first-order chi connectivity index (χ1) is 6.59. The van der Waals surface area contributed by atoms with Crippen LogP contribution in [0.2, 0.25) is 5.02 Å². The molecule has 0 aliphatic carbocycles. The van der Waals surface area contributed by atoms with Crippen LogP contribution in [-0.2, 0) is 0 Å². The zero-order valence-corrected chi connectivity index (χ0v) is 10.8. The Bertz CT molecular complexity index is 508. The number of aromatic nitrogens is 1. The summed E-state index contributed by atoms with van der Waals surface area (Å²) in [6.07, 6.45) is 0. The Balaban J connectivity index is 2.91. The van der Waals surface area contributed by atoms with Crippen LogP contribution in [0, 0.1) is 17.4 Å². The Labute approximate surface area is 102 Å². The van der Waals surface area contributed by atoms with Crippen LogP contribution in [0.15, 0.2) is 18.2 Å². The third-order valence-corrected chi connectivity index (χ3v) is 3.98. The van der Waals surface area contributed by atoms with E-state index in [1.165, 1.54) is 14.5 Å². The van der Waals surface area contributed by atoms with E-state index in [4.69, 9.17) is 11.6 Å². The molecule has 0 bridgehead atoms. The fraction of sp³-hybridized carbons (Fsp3) is 0.182. The highest BCUT2D eigenvalue weighted by atomic mass is 127. The lowest BCUT2D eigenvalue weighted by Gasteiger charge is -2.07. The first-order valence-electron chi connectivity index (χ1n) is 4.31. The molecule has 0 saturated heterocycles. The van der Waals surface area contributed by atoms with Crippen LogP contribution >= 0.6 is 34.2 Å². The minimum atomic E-state index is 0.740. The van der Waals surface area contributed by atoms with Crippen LogP contribution in [0.4, 0.5) is 0 Å². The van der Waals surface area contributed by atoms with E-state index in [2.05, 4.69) is 34.5 Å². The summed E-state index contributed by atoms with van der Waals surface area (Å²) in [7, 11) is 0. The van der Waals surface area contributed by atoms with Gasteiger partial charge in [-0.05, 0) is 54.1 Å².